The first-order valence-corrected chi connectivity index (χ1v) is 5.96. The van der Waals surface area contributed by atoms with Crippen LogP contribution in [0.1, 0.15) is 35.7 Å². The van der Waals surface area contributed by atoms with Gasteiger partial charge in [-0.25, -0.2) is 4.39 Å². The average molecular weight is 272 g/mol. The molecule has 18 heavy (non-hydrogen) atoms. The Morgan fingerprint density at radius 3 is 2.50 bits per heavy atom. The number of amides is 1. The maximum atomic E-state index is 13.8. The lowest BCUT2D eigenvalue weighted by atomic mass is 9.86. The highest BCUT2D eigenvalue weighted by Gasteiger charge is 2.25. The smallest absolute Gasteiger partial charge is 0.254 e. The average Bonchev–Trinajstić information content (AvgIpc) is 2.28. The molecule has 1 unspecified atom stereocenters. The molecule has 1 rings (SSSR count). The molecule has 1 atom stereocenters. The van der Waals surface area contributed by atoms with Crippen molar-refractivity contribution in [3.8, 4) is 0 Å². The van der Waals surface area contributed by atoms with Crippen LogP contribution in [0.25, 0.3) is 0 Å². The molecule has 1 aromatic rings. The highest BCUT2D eigenvalue weighted by Crippen LogP contribution is 2.30. The van der Waals surface area contributed by atoms with Gasteiger partial charge in [0.1, 0.15) is 12.1 Å². The first-order valence-electron chi connectivity index (χ1n) is 5.58. The zero-order chi connectivity index (χ0) is 13.9. The Labute approximate surface area is 110 Å². The lowest BCUT2D eigenvalue weighted by Crippen LogP contribution is -2.23. The number of rotatable bonds is 4. The molecule has 0 aliphatic rings. The van der Waals surface area contributed by atoms with Crippen molar-refractivity contribution in [3.05, 3.63) is 34.1 Å². The van der Waals surface area contributed by atoms with Crippen LogP contribution in [0.3, 0.4) is 0 Å². The predicted octanol–water partition coefficient (Wildman–Crippen LogP) is 2.78. The number of benzene rings is 1. The molecule has 0 heterocycles. The number of nitrogens with one attached hydrogen (secondary N) is 1. The topological polar surface area (TPSA) is 46.2 Å². The summed E-state index contributed by atoms with van der Waals surface area (Å²) in [6.07, 6.45) is 0.711. The molecule has 98 valence electrons. The maximum absolute atomic E-state index is 13.8. The highest BCUT2D eigenvalue weighted by molar-refractivity contribution is 6.30. The summed E-state index contributed by atoms with van der Waals surface area (Å²) < 4.78 is 13.8. The van der Waals surface area contributed by atoms with E-state index in [0.717, 1.165) is 6.07 Å². The number of halogens is 2. The van der Waals surface area contributed by atoms with Gasteiger partial charge in [-0.05, 0) is 23.6 Å². The van der Waals surface area contributed by atoms with Crippen LogP contribution in [-0.2, 0) is 4.79 Å². The molecule has 0 bridgehead atoms. The molecule has 5 heteroatoms. The van der Waals surface area contributed by atoms with Gasteiger partial charge in [0, 0.05) is 18.0 Å². The van der Waals surface area contributed by atoms with Crippen LogP contribution in [-0.4, -0.2) is 19.2 Å². The largest absolute Gasteiger partial charge is 0.355 e. The minimum absolute atomic E-state index is 0.0521. The minimum Gasteiger partial charge on any atom is -0.355 e. The fraction of sp³-hybridized carbons (Fsp3) is 0.385. The van der Waals surface area contributed by atoms with Gasteiger partial charge in [-0.1, -0.05) is 25.4 Å². The summed E-state index contributed by atoms with van der Waals surface area (Å²) in [6, 6.07) is 2.53. The lowest BCUT2D eigenvalue weighted by molar-refractivity contribution is -0.109. The van der Waals surface area contributed by atoms with Crippen LogP contribution in [0.5, 0.6) is 0 Å². The highest BCUT2D eigenvalue weighted by atomic mass is 35.5. The summed E-state index contributed by atoms with van der Waals surface area (Å²) in [5, 5.41) is 2.53. The molecule has 0 aliphatic heterocycles. The second-order valence-corrected chi connectivity index (χ2v) is 4.77. The number of carbonyl (C=O) groups excluding carboxylic acids is 2. The molecule has 0 saturated carbocycles. The zero-order valence-electron chi connectivity index (χ0n) is 10.5. The molecule has 3 nitrogen and oxygen atoms in total. The van der Waals surface area contributed by atoms with Crippen LogP contribution >= 0.6 is 11.6 Å². The van der Waals surface area contributed by atoms with Gasteiger partial charge in [-0.2, -0.15) is 0 Å². The number of hydrogen-bond acceptors (Lipinski definition) is 2. The van der Waals surface area contributed by atoms with E-state index in [-0.39, 0.29) is 16.5 Å². The summed E-state index contributed by atoms with van der Waals surface area (Å²) >= 11 is 5.79. The summed E-state index contributed by atoms with van der Waals surface area (Å²) in [7, 11) is 1.41. The van der Waals surface area contributed by atoms with E-state index in [1.807, 2.05) is 13.8 Å². The Kier molecular flexibility index (Phi) is 4.84. The van der Waals surface area contributed by atoms with E-state index in [4.69, 9.17) is 11.6 Å². The van der Waals surface area contributed by atoms with Crippen LogP contribution in [0, 0.1) is 11.7 Å². The molecule has 0 aliphatic carbocycles. The SMILES string of the molecule is CNC(=O)c1c(F)cc(Cl)cc1C(C=O)C(C)C. The Hall–Kier alpha value is -1.42. The van der Waals surface area contributed by atoms with Crippen LogP contribution in [0.4, 0.5) is 4.39 Å². The van der Waals surface area contributed by atoms with Crippen molar-refractivity contribution in [2.75, 3.05) is 7.05 Å². The normalized spacial score (nSPS) is 12.3. The molecular weight excluding hydrogens is 257 g/mol. The molecule has 1 amide bonds. The standard InChI is InChI=1S/C13H15ClFNO2/c1-7(2)10(6-17)9-4-8(14)5-11(15)12(9)13(18)16-3/h4-7,10H,1-3H3,(H,16,18). The fourth-order valence-corrected chi connectivity index (χ4v) is 2.02. The van der Waals surface area contributed by atoms with Gasteiger partial charge < -0.3 is 10.1 Å². The monoisotopic (exact) mass is 271 g/mol. The van der Waals surface area contributed by atoms with Crippen molar-refractivity contribution in [3.63, 3.8) is 0 Å². The first-order chi connectivity index (χ1) is 8.42. The Morgan fingerprint density at radius 2 is 2.06 bits per heavy atom. The van der Waals surface area contributed by atoms with E-state index in [2.05, 4.69) is 5.32 Å². The van der Waals surface area contributed by atoms with Crippen LogP contribution in [0.2, 0.25) is 5.02 Å². The van der Waals surface area contributed by atoms with Gasteiger partial charge in [0.2, 0.25) is 0 Å². The van der Waals surface area contributed by atoms with Crippen LogP contribution in [0.15, 0.2) is 12.1 Å². The molecule has 0 spiro atoms. The van der Waals surface area contributed by atoms with Crippen molar-refractivity contribution < 1.29 is 14.0 Å². The van der Waals surface area contributed by atoms with Gasteiger partial charge in [-0.15, -0.1) is 0 Å². The Bertz CT molecular complexity index is 474. The van der Waals surface area contributed by atoms with E-state index >= 15 is 0 Å². The second kappa shape index (κ2) is 5.96. The maximum Gasteiger partial charge on any atom is 0.254 e. The van der Waals surface area contributed by atoms with Crippen molar-refractivity contribution in [1.82, 2.24) is 5.32 Å². The van der Waals surface area contributed by atoms with Crippen LogP contribution < -0.4 is 5.32 Å². The van der Waals surface area contributed by atoms with Crippen molar-refractivity contribution >= 4 is 23.8 Å². The van der Waals surface area contributed by atoms with Gasteiger partial charge in [0.05, 0.1) is 5.56 Å². The second-order valence-electron chi connectivity index (χ2n) is 4.34. The quantitative estimate of drug-likeness (QED) is 0.856. The van der Waals surface area contributed by atoms with Crippen molar-refractivity contribution in [1.29, 1.82) is 0 Å². The van der Waals surface area contributed by atoms with E-state index in [1.165, 1.54) is 13.1 Å². The van der Waals surface area contributed by atoms with Crippen molar-refractivity contribution in [2.45, 2.75) is 19.8 Å². The lowest BCUT2D eigenvalue weighted by Gasteiger charge is -2.18. The van der Waals surface area contributed by atoms with Gasteiger partial charge in [0.25, 0.3) is 5.91 Å². The van der Waals surface area contributed by atoms with Gasteiger partial charge in [0.15, 0.2) is 0 Å². The number of carbonyl (C=O) groups is 2. The van der Waals surface area contributed by atoms with E-state index < -0.39 is 17.6 Å². The Balaban J connectivity index is 3.48. The molecule has 1 N–H and O–H groups in total. The van der Waals surface area contributed by atoms with Crippen molar-refractivity contribution in [2.24, 2.45) is 5.92 Å². The molecule has 0 aromatic heterocycles. The van der Waals surface area contributed by atoms with E-state index in [1.54, 1.807) is 0 Å². The zero-order valence-corrected chi connectivity index (χ0v) is 11.2. The predicted molar refractivity (Wildman–Crippen MR) is 68.4 cm³/mol. The van der Waals surface area contributed by atoms with Gasteiger partial charge in [-0.3, -0.25) is 4.79 Å². The molecule has 0 saturated heterocycles. The Morgan fingerprint density at radius 1 is 1.44 bits per heavy atom. The number of hydrogen-bond donors (Lipinski definition) is 1. The fourth-order valence-electron chi connectivity index (χ4n) is 1.81. The van der Waals surface area contributed by atoms with E-state index in [9.17, 15) is 14.0 Å². The first kappa shape index (κ1) is 14.6. The summed E-state index contributed by atoms with van der Waals surface area (Å²) in [6.45, 7) is 3.65. The summed E-state index contributed by atoms with van der Waals surface area (Å²) in [5.41, 5.74) is 0.206. The third-order valence-electron chi connectivity index (χ3n) is 2.76. The number of aldehydes is 1. The van der Waals surface area contributed by atoms with Gasteiger partial charge >= 0.3 is 0 Å². The third kappa shape index (κ3) is 2.88. The molecule has 0 radical (unpaired) electrons. The van der Waals surface area contributed by atoms with E-state index in [0.29, 0.717) is 11.8 Å². The summed E-state index contributed by atoms with van der Waals surface area (Å²) in [5.74, 6) is -1.90. The minimum atomic E-state index is -0.718. The molecular formula is C13H15ClFNO2. The molecule has 0 fully saturated rings. The molecule has 1 aromatic carbocycles. The summed E-state index contributed by atoms with van der Waals surface area (Å²) in [4.78, 5) is 22.8. The third-order valence-corrected chi connectivity index (χ3v) is 2.98.